The molecule has 0 N–H and O–H groups in total. The van der Waals surface area contributed by atoms with Crippen molar-refractivity contribution >= 4 is 0 Å². The van der Waals surface area contributed by atoms with Gasteiger partial charge in [-0.15, -0.1) is 0 Å². The first-order chi connectivity index (χ1) is 24.6. The van der Waals surface area contributed by atoms with Crippen molar-refractivity contribution in [3.8, 4) is 0 Å². The number of nitrogens with zero attached hydrogens (tertiary/aromatic N) is 1. The summed E-state index contributed by atoms with van der Waals surface area (Å²) in [7, 11) is 4.28. The standard InChI is InChI=1S/C47H87NO3/c1-9-10-11-14-17-31-49-35-40(48(7)8)36-50-32-18-15-12-13-16-19-33-51-41-27-29-46(5)39(34-41)23-24-42-44-26-25-43(38(4)22-20-21-37(2)3)47(44,6)30-28-45(42)46/h23,37-38,40-45H,9-22,24-36H2,1-8H3/t38-,40-,41+,42+,43?,44?,45?,46+,47-/m1/s1. The molecule has 298 valence electrons. The van der Waals surface area contributed by atoms with Gasteiger partial charge >= 0.3 is 0 Å². The Morgan fingerprint density at radius 3 is 2.02 bits per heavy atom. The molecule has 4 aliphatic carbocycles. The molecule has 0 aromatic heterocycles. The predicted molar refractivity (Wildman–Crippen MR) is 218 cm³/mol. The largest absolute Gasteiger partial charge is 0.380 e. The highest BCUT2D eigenvalue weighted by Crippen LogP contribution is 2.67. The fourth-order valence-electron chi connectivity index (χ4n) is 11.7. The Morgan fingerprint density at radius 1 is 0.725 bits per heavy atom. The Kier molecular flexibility index (Phi) is 18.9. The van der Waals surface area contributed by atoms with Crippen LogP contribution in [0.4, 0.5) is 0 Å². The topological polar surface area (TPSA) is 30.9 Å². The molecule has 0 saturated heterocycles. The minimum absolute atomic E-state index is 0.353. The van der Waals surface area contributed by atoms with Crippen LogP contribution in [0.25, 0.3) is 0 Å². The summed E-state index contributed by atoms with van der Waals surface area (Å²) in [4.78, 5) is 2.25. The van der Waals surface area contributed by atoms with Crippen molar-refractivity contribution in [1.82, 2.24) is 4.90 Å². The lowest BCUT2D eigenvalue weighted by molar-refractivity contribution is -0.0641. The number of hydrogen-bond acceptors (Lipinski definition) is 4. The summed E-state index contributed by atoms with van der Waals surface area (Å²) in [5, 5.41) is 0. The highest BCUT2D eigenvalue weighted by molar-refractivity contribution is 5.25. The van der Waals surface area contributed by atoms with Crippen molar-refractivity contribution in [1.29, 1.82) is 0 Å². The zero-order valence-corrected chi connectivity index (χ0v) is 35.5. The number of hydrogen-bond donors (Lipinski definition) is 0. The maximum atomic E-state index is 6.57. The van der Waals surface area contributed by atoms with E-state index in [0.29, 0.717) is 23.0 Å². The molecule has 51 heavy (non-hydrogen) atoms. The highest BCUT2D eigenvalue weighted by atomic mass is 16.5. The lowest BCUT2D eigenvalue weighted by Gasteiger charge is -2.58. The molecule has 0 spiro atoms. The molecule has 9 atom stereocenters. The summed E-state index contributed by atoms with van der Waals surface area (Å²) in [6, 6.07) is 0.353. The second kappa shape index (κ2) is 22.2. The van der Waals surface area contributed by atoms with E-state index in [9.17, 15) is 0 Å². The van der Waals surface area contributed by atoms with Gasteiger partial charge in [0.25, 0.3) is 0 Å². The molecular weight excluding hydrogens is 627 g/mol. The first kappa shape index (κ1) is 43.3. The van der Waals surface area contributed by atoms with Crippen LogP contribution < -0.4 is 0 Å². The van der Waals surface area contributed by atoms with Crippen molar-refractivity contribution in [3.05, 3.63) is 11.6 Å². The van der Waals surface area contributed by atoms with Gasteiger partial charge in [-0.1, -0.05) is 124 Å². The molecule has 4 nitrogen and oxygen atoms in total. The van der Waals surface area contributed by atoms with E-state index in [1.807, 2.05) is 0 Å². The molecule has 3 saturated carbocycles. The SMILES string of the molecule is CCCCCCCOC[C@H](COCCCCCCCCO[C@H]1CC[C@@]2(C)C(=CC[C@H]3C4CCC([C@H](C)CCCC(C)C)[C@@]4(C)CCC32)C1)N(C)C. The minimum Gasteiger partial charge on any atom is -0.380 e. The maximum Gasteiger partial charge on any atom is 0.0644 e. The summed E-state index contributed by atoms with van der Waals surface area (Å²) in [6.07, 6.45) is 32.7. The first-order valence-corrected chi connectivity index (χ1v) is 22.7. The third kappa shape index (κ3) is 12.5. The molecule has 0 aromatic carbocycles. The average molecular weight is 714 g/mol. The number of allylic oxidation sites excluding steroid dienone is 1. The molecular formula is C47H87NO3. The van der Waals surface area contributed by atoms with E-state index in [-0.39, 0.29) is 0 Å². The molecule has 4 rings (SSSR count). The molecule has 0 radical (unpaired) electrons. The molecule has 0 heterocycles. The van der Waals surface area contributed by atoms with Crippen LogP contribution in [0.3, 0.4) is 0 Å². The van der Waals surface area contributed by atoms with Crippen molar-refractivity contribution in [2.24, 2.45) is 46.3 Å². The maximum absolute atomic E-state index is 6.57. The highest BCUT2D eigenvalue weighted by Gasteiger charge is 2.59. The Bertz CT molecular complexity index is 979. The fourth-order valence-corrected chi connectivity index (χ4v) is 11.7. The van der Waals surface area contributed by atoms with Crippen molar-refractivity contribution in [2.75, 3.05) is 47.1 Å². The second-order valence-corrected chi connectivity index (χ2v) is 19.3. The van der Waals surface area contributed by atoms with Crippen LogP contribution in [0.2, 0.25) is 0 Å². The van der Waals surface area contributed by atoms with Gasteiger partial charge in [-0.05, 0) is 131 Å². The zero-order chi connectivity index (χ0) is 36.7. The van der Waals surface area contributed by atoms with Gasteiger partial charge in [-0.3, -0.25) is 0 Å². The number of ether oxygens (including phenoxy) is 3. The molecule has 3 unspecified atom stereocenters. The average Bonchev–Trinajstić information content (AvgIpc) is 3.46. The molecule has 0 bridgehead atoms. The smallest absolute Gasteiger partial charge is 0.0644 e. The molecule has 0 amide bonds. The monoisotopic (exact) mass is 714 g/mol. The Labute approximate surface area is 318 Å². The minimum atomic E-state index is 0.353. The van der Waals surface area contributed by atoms with Gasteiger partial charge in [-0.25, -0.2) is 0 Å². The van der Waals surface area contributed by atoms with E-state index >= 15 is 0 Å². The van der Waals surface area contributed by atoms with Gasteiger partial charge < -0.3 is 19.1 Å². The zero-order valence-electron chi connectivity index (χ0n) is 35.5. The third-order valence-electron chi connectivity index (χ3n) is 15.0. The summed E-state index contributed by atoms with van der Waals surface area (Å²) in [6.45, 7) is 19.3. The lowest BCUT2D eigenvalue weighted by Crippen LogP contribution is -2.51. The van der Waals surface area contributed by atoms with Crippen molar-refractivity contribution in [2.45, 2.75) is 195 Å². The quantitative estimate of drug-likeness (QED) is 0.0659. The summed E-state index contributed by atoms with van der Waals surface area (Å²) in [5.41, 5.74) is 2.81. The number of unbranched alkanes of at least 4 members (excludes halogenated alkanes) is 9. The van der Waals surface area contributed by atoms with Crippen LogP contribution in [-0.2, 0) is 14.2 Å². The predicted octanol–water partition coefficient (Wildman–Crippen LogP) is 12.7. The fraction of sp³-hybridized carbons (Fsp3) is 0.957. The Hall–Kier alpha value is -0.420. The van der Waals surface area contributed by atoms with Gasteiger partial charge in [0, 0.05) is 19.8 Å². The second-order valence-electron chi connectivity index (χ2n) is 19.3. The first-order valence-electron chi connectivity index (χ1n) is 22.7. The van der Waals surface area contributed by atoms with Crippen LogP contribution in [0.1, 0.15) is 183 Å². The Balaban J connectivity index is 1.06. The Morgan fingerprint density at radius 2 is 1.37 bits per heavy atom. The summed E-state index contributed by atoms with van der Waals surface area (Å²) >= 11 is 0. The summed E-state index contributed by atoms with van der Waals surface area (Å²) in [5.74, 6) is 5.51. The van der Waals surface area contributed by atoms with Gasteiger partial charge in [0.05, 0.1) is 25.4 Å². The van der Waals surface area contributed by atoms with E-state index in [4.69, 9.17) is 14.2 Å². The number of likely N-dealkylation sites (N-methyl/N-ethyl adjacent to an activating group) is 1. The van der Waals surface area contributed by atoms with Crippen molar-refractivity contribution in [3.63, 3.8) is 0 Å². The normalized spacial score (nSPS) is 31.7. The number of rotatable bonds is 26. The van der Waals surface area contributed by atoms with Crippen LogP contribution >= 0.6 is 0 Å². The van der Waals surface area contributed by atoms with Gasteiger partial charge in [0.1, 0.15) is 0 Å². The molecule has 4 heteroatoms. The van der Waals surface area contributed by atoms with E-state index < -0.39 is 0 Å². The number of fused-ring (bicyclic) bond motifs is 5. The van der Waals surface area contributed by atoms with Crippen LogP contribution in [0, 0.1) is 46.3 Å². The van der Waals surface area contributed by atoms with E-state index in [1.54, 1.807) is 5.57 Å². The lowest BCUT2D eigenvalue weighted by atomic mass is 9.47. The van der Waals surface area contributed by atoms with Gasteiger partial charge in [-0.2, -0.15) is 0 Å². The van der Waals surface area contributed by atoms with E-state index in [0.717, 1.165) is 68.5 Å². The van der Waals surface area contributed by atoms with Crippen LogP contribution in [0.15, 0.2) is 11.6 Å². The molecule has 0 aromatic rings. The van der Waals surface area contributed by atoms with E-state index in [2.05, 4.69) is 66.6 Å². The summed E-state index contributed by atoms with van der Waals surface area (Å²) < 4.78 is 18.6. The van der Waals surface area contributed by atoms with Crippen LogP contribution in [0.5, 0.6) is 0 Å². The molecule has 0 aliphatic heterocycles. The van der Waals surface area contributed by atoms with E-state index in [1.165, 1.54) is 141 Å². The van der Waals surface area contributed by atoms with Crippen LogP contribution in [-0.4, -0.2) is 64.2 Å². The molecule has 3 fully saturated rings. The molecule has 4 aliphatic rings. The van der Waals surface area contributed by atoms with Crippen molar-refractivity contribution < 1.29 is 14.2 Å². The van der Waals surface area contributed by atoms with Gasteiger partial charge in [0.2, 0.25) is 0 Å². The van der Waals surface area contributed by atoms with Gasteiger partial charge in [0.15, 0.2) is 0 Å². The third-order valence-corrected chi connectivity index (χ3v) is 15.0.